The van der Waals surface area contributed by atoms with E-state index in [0.29, 0.717) is 44.7 Å². The summed E-state index contributed by atoms with van der Waals surface area (Å²) in [4.78, 5) is 12.5. The molecule has 0 radical (unpaired) electrons. The fraction of sp³-hybridized carbons (Fsp3) is 0.409. The SMILES string of the molecule is CCOCc1cccc(-c2cc(F)c(N3CCC(CC(=O)O)CC3)c(F)c2)c1. The van der Waals surface area contributed by atoms with Crippen molar-refractivity contribution in [1.29, 1.82) is 0 Å². The van der Waals surface area contributed by atoms with E-state index in [1.807, 2.05) is 31.2 Å². The lowest BCUT2D eigenvalue weighted by molar-refractivity contribution is -0.138. The van der Waals surface area contributed by atoms with E-state index in [1.54, 1.807) is 4.90 Å². The van der Waals surface area contributed by atoms with Crippen LogP contribution in [0, 0.1) is 17.6 Å². The summed E-state index contributed by atoms with van der Waals surface area (Å²) in [7, 11) is 0. The number of nitrogens with zero attached hydrogens (tertiary/aromatic N) is 1. The summed E-state index contributed by atoms with van der Waals surface area (Å²) in [5, 5.41) is 8.90. The Kier molecular flexibility index (Phi) is 6.62. The standard InChI is InChI=1S/C22H25F2NO3/c1-2-28-14-16-4-3-5-17(10-16)18-12-19(23)22(20(24)13-18)25-8-6-15(7-9-25)11-21(26)27/h3-5,10,12-13,15H,2,6-9,11,14H2,1H3,(H,26,27). The van der Waals surface area contributed by atoms with Crippen molar-refractivity contribution in [3.05, 3.63) is 53.6 Å². The van der Waals surface area contributed by atoms with Crippen molar-refractivity contribution in [2.75, 3.05) is 24.6 Å². The van der Waals surface area contributed by atoms with E-state index in [4.69, 9.17) is 9.84 Å². The Morgan fingerprint density at radius 3 is 2.43 bits per heavy atom. The zero-order valence-electron chi connectivity index (χ0n) is 16.0. The molecule has 0 spiro atoms. The van der Waals surface area contributed by atoms with Gasteiger partial charge in [-0.2, -0.15) is 0 Å². The number of benzene rings is 2. The molecule has 4 nitrogen and oxygen atoms in total. The molecule has 0 aromatic heterocycles. The minimum Gasteiger partial charge on any atom is -0.481 e. The Morgan fingerprint density at radius 1 is 1.14 bits per heavy atom. The molecule has 1 fully saturated rings. The minimum atomic E-state index is -0.827. The Bertz CT molecular complexity index is 809. The maximum absolute atomic E-state index is 14.8. The van der Waals surface area contributed by atoms with Gasteiger partial charge in [0, 0.05) is 26.1 Å². The highest BCUT2D eigenvalue weighted by Crippen LogP contribution is 2.33. The van der Waals surface area contributed by atoms with Crippen LogP contribution in [-0.4, -0.2) is 30.8 Å². The summed E-state index contributed by atoms with van der Waals surface area (Å²) in [5.41, 5.74) is 2.15. The zero-order chi connectivity index (χ0) is 20.1. The van der Waals surface area contributed by atoms with Crippen LogP contribution in [0.5, 0.6) is 0 Å². The Labute approximate surface area is 163 Å². The minimum absolute atomic E-state index is 0.0250. The molecule has 2 aromatic rings. The van der Waals surface area contributed by atoms with Gasteiger partial charge in [-0.1, -0.05) is 18.2 Å². The number of carboxylic acid groups (broad SMARTS) is 1. The van der Waals surface area contributed by atoms with Gasteiger partial charge in [-0.15, -0.1) is 0 Å². The van der Waals surface area contributed by atoms with Crippen LogP contribution >= 0.6 is 0 Å². The molecule has 0 amide bonds. The summed E-state index contributed by atoms with van der Waals surface area (Å²) in [5.74, 6) is -1.96. The van der Waals surface area contributed by atoms with Crippen LogP contribution in [-0.2, 0) is 16.1 Å². The van der Waals surface area contributed by atoms with Crippen LogP contribution in [0.1, 0.15) is 31.7 Å². The van der Waals surface area contributed by atoms with E-state index >= 15 is 0 Å². The number of ether oxygens (including phenoxy) is 1. The molecule has 150 valence electrons. The average Bonchev–Trinajstić information content (AvgIpc) is 2.67. The monoisotopic (exact) mass is 389 g/mol. The second-order valence-corrected chi connectivity index (χ2v) is 7.15. The molecule has 0 bridgehead atoms. The first-order valence-electron chi connectivity index (χ1n) is 9.60. The molecule has 6 heteroatoms. The van der Waals surface area contributed by atoms with Gasteiger partial charge in [0.1, 0.15) is 17.3 Å². The maximum atomic E-state index is 14.8. The van der Waals surface area contributed by atoms with Gasteiger partial charge in [0.2, 0.25) is 0 Å². The highest BCUT2D eigenvalue weighted by Gasteiger charge is 2.25. The van der Waals surface area contributed by atoms with Crippen LogP contribution in [0.25, 0.3) is 11.1 Å². The van der Waals surface area contributed by atoms with Crippen molar-refractivity contribution in [1.82, 2.24) is 0 Å². The highest BCUT2D eigenvalue weighted by molar-refractivity contribution is 5.68. The fourth-order valence-corrected chi connectivity index (χ4v) is 3.70. The number of piperidine rings is 1. The topological polar surface area (TPSA) is 49.8 Å². The molecule has 2 aromatic carbocycles. The fourth-order valence-electron chi connectivity index (χ4n) is 3.70. The summed E-state index contributed by atoms with van der Waals surface area (Å²) >= 11 is 0. The van der Waals surface area contributed by atoms with Crippen molar-refractivity contribution >= 4 is 11.7 Å². The molecule has 0 unspecified atom stereocenters. The molecular weight excluding hydrogens is 364 g/mol. The largest absolute Gasteiger partial charge is 0.481 e. The van der Waals surface area contributed by atoms with E-state index < -0.39 is 17.6 Å². The lowest BCUT2D eigenvalue weighted by Crippen LogP contribution is -2.35. The van der Waals surface area contributed by atoms with Crippen LogP contribution in [0.2, 0.25) is 0 Å². The number of rotatable bonds is 7. The van der Waals surface area contributed by atoms with Gasteiger partial charge in [-0.3, -0.25) is 4.79 Å². The smallest absolute Gasteiger partial charge is 0.303 e. The van der Waals surface area contributed by atoms with Gasteiger partial charge in [0.15, 0.2) is 0 Å². The molecule has 0 saturated carbocycles. The zero-order valence-corrected chi connectivity index (χ0v) is 16.0. The van der Waals surface area contributed by atoms with Gasteiger partial charge in [-0.25, -0.2) is 8.78 Å². The van der Waals surface area contributed by atoms with Crippen molar-refractivity contribution in [3.8, 4) is 11.1 Å². The summed E-state index contributed by atoms with van der Waals surface area (Å²) < 4.78 is 35.0. The number of carbonyl (C=O) groups is 1. The number of carboxylic acids is 1. The number of aliphatic carboxylic acids is 1. The van der Waals surface area contributed by atoms with Gasteiger partial charge in [0.25, 0.3) is 0 Å². The molecule has 28 heavy (non-hydrogen) atoms. The first kappa shape index (κ1) is 20.3. The van der Waals surface area contributed by atoms with Crippen molar-refractivity contribution < 1.29 is 23.4 Å². The maximum Gasteiger partial charge on any atom is 0.303 e. The molecule has 1 saturated heterocycles. The second kappa shape index (κ2) is 9.15. The summed E-state index contributed by atoms with van der Waals surface area (Å²) in [6, 6.07) is 10.2. The van der Waals surface area contributed by atoms with Gasteiger partial charge < -0.3 is 14.7 Å². The average molecular weight is 389 g/mol. The Balaban J connectivity index is 1.78. The number of hydrogen-bond acceptors (Lipinski definition) is 3. The van der Waals surface area contributed by atoms with Gasteiger partial charge >= 0.3 is 5.97 Å². The predicted octanol–water partition coefficient (Wildman–Crippen LogP) is 4.86. The normalized spacial score (nSPS) is 15.0. The lowest BCUT2D eigenvalue weighted by Gasteiger charge is -2.33. The van der Waals surface area contributed by atoms with Crippen LogP contribution in [0.3, 0.4) is 0 Å². The van der Waals surface area contributed by atoms with Crippen molar-refractivity contribution in [2.24, 2.45) is 5.92 Å². The van der Waals surface area contributed by atoms with Crippen LogP contribution < -0.4 is 4.90 Å². The molecule has 1 aliphatic heterocycles. The highest BCUT2D eigenvalue weighted by atomic mass is 19.1. The molecule has 3 rings (SSSR count). The third kappa shape index (κ3) is 4.87. The quantitative estimate of drug-likeness (QED) is 0.735. The number of hydrogen-bond donors (Lipinski definition) is 1. The first-order chi connectivity index (χ1) is 13.5. The van der Waals surface area contributed by atoms with E-state index in [-0.39, 0.29) is 18.0 Å². The van der Waals surface area contributed by atoms with Crippen LogP contribution in [0.4, 0.5) is 14.5 Å². The van der Waals surface area contributed by atoms with Crippen LogP contribution in [0.15, 0.2) is 36.4 Å². The van der Waals surface area contributed by atoms with Crippen molar-refractivity contribution in [3.63, 3.8) is 0 Å². The van der Waals surface area contributed by atoms with Gasteiger partial charge in [-0.05, 0) is 60.6 Å². The Hall–Kier alpha value is -2.47. The molecule has 1 aliphatic rings. The second-order valence-electron chi connectivity index (χ2n) is 7.15. The van der Waals surface area contributed by atoms with E-state index in [1.165, 1.54) is 12.1 Å². The van der Waals surface area contributed by atoms with Gasteiger partial charge in [0.05, 0.1) is 6.61 Å². The first-order valence-corrected chi connectivity index (χ1v) is 9.60. The van der Waals surface area contributed by atoms with E-state index in [2.05, 4.69) is 0 Å². The van der Waals surface area contributed by atoms with E-state index in [9.17, 15) is 13.6 Å². The molecule has 1 N–H and O–H groups in total. The summed E-state index contributed by atoms with van der Waals surface area (Å²) in [6.07, 6.45) is 1.34. The number of anilines is 1. The molecule has 0 atom stereocenters. The lowest BCUT2D eigenvalue weighted by atomic mass is 9.93. The number of halogens is 2. The van der Waals surface area contributed by atoms with Crippen molar-refractivity contribution in [2.45, 2.75) is 32.8 Å². The molecule has 1 heterocycles. The Morgan fingerprint density at radius 2 is 1.82 bits per heavy atom. The molecular formula is C22H25F2NO3. The predicted molar refractivity (Wildman–Crippen MR) is 104 cm³/mol. The third-order valence-electron chi connectivity index (χ3n) is 5.14. The summed E-state index contributed by atoms with van der Waals surface area (Å²) in [6.45, 7) is 3.88. The third-order valence-corrected chi connectivity index (χ3v) is 5.14. The molecule has 0 aliphatic carbocycles. The van der Waals surface area contributed by atoms with E-state index in [0.717, 1.165) is 11.1 Å².